The van der Waals surface area contributed by atoms with Crippen molar-refractivity contribution >= 4 is 30.1 Å². The summed E-state index contributed by atoms with van der Waals surface area (Å²) in [5, 5.41) is 26.0. The zero-order valence-electron chi connectivity index (χ0n) is 16.1. The Balaban J connectivity index is 3.93. The molecule has 0 saturated heterocycles. The van der Waals surface area contributed by atoms with E-state index in [9.17, 15) is 25.3 Å². The van der Waals surface area contributed by atoms with Crippen molar-refractivity contribution in [2.45, 2.75) is 22.7 Å². The van der Waals surface area contributed by atoms with E-state index >= 15 is 0 Å². The quantitative estimate of drug-likeness (QED) is 0.299. The fourth-order valence-corrected chi connectivity index (χ4v) is 10.1. The third kappa shape index (κ3) is 5.57. The number of rotatable bonds is 13. The number of hydrogen-bond acceptors (Lipinski definition) is 9. The van der Waals surface area contributed by atoms with Crippen LogP contribution in [0.5, 0.6) is 0 Å². The van der Waals surface area contributed by atoms with Gasteiger partial charge >= 0.3 is 3.41 Å². The minimum Gasteiger partial charge on any atom is -0.211 e. The Morgan fingerprint density at radius 3 is 1.26 bits per heavy atom. The maximum absolute atomic E-state index is 13.3. The Morgan fingerprint density at radius 1 is 0.645 bits per heavy atom. The molecule has 1 rings (SSSR count). The van der Waals surface area contributed by atoms with Gasteiger partial charge in [0.05, 0.1) is 18.2 Å². The maximum atomic E-state index is 13.3. The zero-order valence-corrected chi connectivity index (χ0v) is 18.6. The molecule has 0 amide bonds. The molecule has 0 saturated carbocycles. The highest BCUT2D eigenvalue weighted by Gasteiger charge is 2.66. The lowest BCUT2D eigenvalue weighted by atomic mass is 10.2. The number of benzene rings is 1. The standard InChI is InChI=1S/C16H20N6O6S3/c17-9-4-12-20-29(23,24)16(15-7-2-1-3-8-15,30(25,26)21-13-5-10-18)31(27,28)22-14-6-11-19/h1-3,7-8,20-22H,4-6,12-14H2. The van der Waals surface area contributed by atoms with Crippen molar-refractivity contribution in [1.82, 2.24) is 14.2 Å². The molecule has 0 aliphatic heterocycles. The summed E-state index contributed by atoms with van der Waals surface area (Å²) in [6.45, 7) is -1.64. The van der Waals surface area contributed by atoms with Gasteiger partial charge in [-0.3, -0.25) is 0 Å². The normalized spacial score (nSPS) is 12.4. The molecular formula is C16H20N6O6S3. The minimum atomic E-state index is -5.27. The molecule has 0 unspecified atom stereocenters. The molecule has 0 heterocycles. The molecule has 0 aliphatic carbocycles. The van der Waals surface area contributed by atoms with Gasteiger partial charge in [0, 0.05) is 44.5 Å². The predicted octanol–water partition coefficient (Wildman–Crippen LogP) is -0.704. The van der Waals surface area contributed by atoms with Crippen molar-refractivity contribution in [3.8, 4) is 18.2 Å². The molecule has 0 fully saturated rings. The topological polar surface area (TPSA) is 210 Å². The summed E-state index contributed by atoms with van der Waals surface area (Å²) in [4.78, 5) is 0. The number of hydrogen-bond donors (Lipinski definition) is 3. The third-order valence-corrected chi connectivity index (χ3v) is 12.3. The molecule has 31 heavy (non-hydrogen) atoms. The Hall–Kier alpha value is -2.58. The first kappa shape index (κ1) is 26.5. The van der Waals surface area contributed by atoms with Gasteiger partial charge in [-0.2, -0.15) is 15.8 Å². The van der Waals surface area contributed by atoms with Gasteiger partial charge in [-0.15, -0.1) is 0 Å². The molecule has 0 spiro atoms. The van der Waals surface area contributed by atoms with Crippen molar-refractivity contribution in [2.24, 2.45) is 0 Å². The molecule has 1 aromatic carbocycles. The molecule has 0 atom stereocenters. The summed E-state index contributed by atoms with van der Waals surface area (Å²) in [6, 6.07) is 10.9. The molecule has 1 aromatic rings. The molecule has 168 valence electrons. The van der Waals surface area contributed by atoms with Crippen LogP contribution in [0, 0.1) is 34.0 Å². The van der Waals surface area contributed by atoms with E-state index in [0.717, 1.165) is 12.1 Å². The number of nitrogens with zero attached hydrogens (tertiary/aromatic N) is 3. The van der Waals surface area contributed by atoms with E-state index < -0.39 is 58.7 Å². The lowest BCUT2D eigenvalue weighted by Gasteiger charge is -2.32. The maximum Gasteiger partial charge on any atom is 0.337 e. The van der Waals surface area contributed by atoms with E-state index in [1.807, 2.05) is 14.2 Å². The summed E-state index contributed by atoms with van der Waals surface area (Å²) in [7, 11) is -15.8. The van der Waals surface area contributed by atoms with Crippen molar-refractivity contribution in [3.05, 3.63) is 35.9 Å². The SMILES string of the molecule is N#CCCNS(=O)(=O)C(c1ccccc1)(S(=O)(=O)NCCC#N)S(=O)(=O)NCCC#N. The van der Waals surface area contributed by atoms with Crippen LogP contribution in [0.25, 0.3) is 0 Å². The highest BCUT2D eigenvalue weighted by molar-refractivity contribution is 8.23. The second-order valence-electron chi connectivity index (χ2n) is 5.84. The Kier molecular flexibility index (Phi) is 9.52. The van der Waals surface area contributed by atoms with Crippen molar-refractivity contribution in [3.63, 3.8) is 0 Å². The number of nitriles is 3. The molecule has 0 aromatic heterocycles. The van der Waals surface area contributed by atoms with Crippen LogP contribution in [0.3, 0.4) is 0 Å². The number of nitrogens with one attached hydrogen (secondary N) is 3. The molecule has 15 heteroatoms. The lowest BCUT2D eigenvalue weighted by Crippen LogP contribution is -2.61. The van der Waals surface area contributed by atoms with Crippen molar-refractivity contribution in [2.75, 3.05) is 19.6 Å². The molecular weight excluding hydrogens is 468 g/mol. The van der Waals surface area contributed by atoms with Crippen LogP contribution in [-0.2, 0) is 33.5 Å². The highest BCUT2D eigenvalue weighted by Crippen LogP contribution is 2.40. The Labute approximate surface area is 181 Å². The van der Waals surface area contributed by atoms with Gasteiger partial charge in [0.2, 0.25) is 0 Å². The second-order valence-corrected chi connectivity index (χ2v) is 12.3. The van der Waals surface area contributed by atoms with Gasteiger partial charge in [-0.05, 0) is 0 Å². The van der Waals surface area contributed by atoms with Crippen LogP contribution < -0.4 is 14.2 Å². The Morgan fingerprint density at radius 2 is 0.968 bits per heavy atom. The minimum absolute atomic E-state index is 0.353. The van der Waals surface area contributed by atoms with Crippen LogP contribution in [0.1, 0.15) is 24.8 Å². The van der Waals surface area contributed by atoms with Crippen LogP contribution in [0.2, 0.25) is 0 Å². The predicted molar refractivity (Wildman–Crippen MR) is 110 cm³/mol. The average Bonchev–Trinajstić information content (AvgIpc) is 2.69. The van der Waals surface area contributed by atoms with Gasteiger partial charge in [0.1, 0.15) is 0 Å². The third-order valence-electron chi connectivity index (χ3n) is 3.78. The van der Waals surface area contributed by atoms with E-state index in [1.54, 1.807) is 18.2 Å². The van der Waals surface area contributed by atoms with Gasteiger partial charge in [0.25, 0.3) is 30.1 Å². The van der Waals surface area contributed by atoms with Crippen LogP contribution in [0.4, 0.5) is 0 Å². The van der Waals surface area contributed by atoms with Crippen LogP contribution in [-0.4, -0.2) is 44.9 Å². The monoisotopic (exact) mass is 488 g/mol. The summed E-state index contributed by atoms with van der Waals surface area (Å²) in [5.74, 6) is 0. The summed E-state index contributed by atoms with van der Waals surface area (Å²) in [6.07, 6.45) is -1.06. The lowest BCUT2D eigenvalue weighted by molar-refractivity contribution is 0.534. The molecule has 12 nitrogen and oxygen atoms in total. The van der Waals surface area contributed by atoms with E-state index in [1.165, 1.54) is 18.2 Å². The highest BCUT2D eigenvalue weighted by atomic mass is 32.3. The van der Waals surface area contributed by atoms with Crippen LogP contribution in [0.15, 0.2) is 30.3 Å². The Bertz CT molecular complexity index is 1070. The average molecular weight is 489 g/mol. The van der Waals surface area contributed by atoms with Gasteiger partial charge in [-0.25, -0.2) is 39.4 Å². The van der Waals surface area contributed by atoms with Crippen molar-refractivity contribution in [1.29, 1.82) is 15.8 Å². The zero-order chi connectivity index (χ0) is 23.6. The second kappa shape index (κ2) is 11.2. The largest absolute Gasteiger partial charge is 0.337 e. The van der Waals surface area contributed by atoms with E-state index in [0.29, 0.717) is 0 Å². The number of sulfonamides is 3. The molecule has 0 bridgehead atoms. The first-order valence-corrected chi connectivity index (χ1v) is 13.1. The van der Waals surface area contributed by atoms with Crippen LogP contribution >= 0.6 is 0 Å². The molecule has 0 aliphatic rings. The van der Waals surface area contributed by atoms with Gasteiger partial charge in [-0.1, -0.05) is 30.3 Å². The van der Waals surface area contributed by atoms with E-state index in [2.05, 4.69) is 0 Å². The van der Waals surface area contributed by atoms with E-state index in [-0.39, 0.29) is 19.3 Å². The molecule has 3 N–H and O–H groups in total. The molecule has 0 radical (unpaired) electrons. The fraction of sp³-hybridized carbons (Fsp3) is 0.438. The smallest absolute Gasteiger partial charge is 0.211 e. The van der Waals surface area contributed by atoms with E-state index in [4.69, 9.17) is 15.8 Å². The first-order valence-electron chi connectivity index (χ1n) is 8.68. The van der Waals surface area contributed by atoms with Gasteiger partial charge in [0.15, 0.2) is 0 Å². The summed E-state index contributed by atoms with van der Waals surface area (Å²) < 4.78 is 81.8. The van der Waals surface area contributed by atoms with Crippen molar-refractivity contribution < 1.29 is 25.3 Å². The fourth-order valence-electron chi connectivity index (χ4n) is 2.55. The first-order chi connectivity index (χ1) is 14.5. The summed E-state index contributed by atoms with van der Waals surface area (Å²) in [5.41, 5.74) is -0.617. The van der Waals surface area contributed by atoms with Gasteiger partial charge < -0.3 is 0 Å². The summed E-state index contributed by atoms with van der Waals surface area (Å²) >= 11 is 0.